The highest BCUT2D eigenvalue weighted by atomic mass is 79.9. The predicted octanol–water partition coefficient (Wildman–Crippen LogP) is 3.04. The smallest absolute Gasteiger partial charge is 0.255 e. The summed E-state index contributed by atoms with van der Waals surface area (Å²) in [7, 11) is 0. The van der Waals surface area contributed by atoms with Gasteiger partial charge < -0.3 is 16.2 Å². The lowest BCUT2D eigenvalue weighted by atomic mass is 10.2. The fourth-order valence-corrected chi connectivity index (χ4v) is 1.83. The van der Waals surface area contributed by atoms with Gasteiger partial charge in [-0.25, -0.2) is 4.98 Å². The molecule has 0 saturated carbocycles. The van der Waals surface area contributed by atoms with Gasteiger partial charge in [-0.15, -0.1) is 0 Å². The van der Waals surface area contributed by atoms with Crippen molar-refractivity contribution in [2.45, 2.75) is 0 Å². The molecule has 4 N–H and O–H groups in total. The minimum Gasteiger partial charge on any atom is -0.506 e. The van der Waals surface area contributed by atoms with Gasteiger partial charge in [-0.05, 0) is 40.2 Å². The second kappa shape index (κ2) is 5.46. The second-order valence-electron chi connectivity index (χ2n) is 3.72. The number of nitrogens with two attached hydrogens (primary N) is 1. The van der Waals surface area contributed by atoms with E-state index in [2.05, 4.69) is 26.2 Å². The van der Waals surface area contributed by atoms with E-state index in [4.69, 9.17) is 17.3 Å². The summed E-state index contributed by atoms with van der Waals surface area (Å²) in [4.78, 5) is 15.8. The fourth-order valence-electron chi connectivity index (χ4n) is 1.38. The van der Waals surface area contributed by atoms with Gasteiger partial charge in [0.1, 0.15) is 10.9 Å². The number of rotatable bonds is 2. The van der Waals surface area contributed by atoms with Crippen molar-refractivity contribution < 1.29 is 9.90 Å². The number of hydrogen-bond donors (Lipinski definition) is 3. The van der Waals surface area contributed by atoms with E-state index >= 15 is 0 Å². The molecule has 0 aliphatic carbocycles. The maximum absolute atomic E-state index is 11.9. The van der Waals surface area contributed by atoms with E-state index in [1.807, 2.05) is 0 Å². The first-order chi connectivity index (χ1) is 8.97. The molecule has 0 aliphatic rings. The van der Waals surface area contributed by atoms with E-state index in [-0.39, 0.29) is 22.9 Å². The van der Waals surface area contributed by atoms with E-state index in [0.29, 0.717) is 15.3 Å². The number of nitrogens with zero attached hydrogens (tertiary/aromatic N) is 1. The Kier molecular flexibility index (Phi) is 3.92. The van der Waals surface area contributed by atoms with Crippen molar-refractivity contribution in [1.29, 1.82) is 0 Å². The summed E-state index contributed by atoms with van der Waals surface area (Å²) in [6.07, 6.45) is 1.43. The van der Waals surface area contributed by atoms with Gasteiger partial charge in [0.15, 0.2) is 0 Å². The van der Waals surface area contributed by atoms with Gasteiger partial charge in [0.25, 0.3) is 5.91 Å². The van der Waals surface area contributed by atoms with Crippen molar-refractivity contribution in [1.82, 2.24) is 4.98 Å². The molecule has 2 aromatic rings. The minimum absolute atomic E-state index is 0.136. The van der Waals surface area contributed by atoms with Crippen LogP contribution in [0.5, 0.6) is 5.75 Å². The molecule has 0 atom stereocenters. The van der Waals surface area contributed by atoms with Crippen molar-refractivity contribution >= 4 is 44.8 Å². The Balaban J connectivity index is 2.20. The number of anilines is 2. The van der Waals surface area contributed by atoms with Crippen molar-refractivity contribution in [2.24, 2.45) is 0 Å². The lowest BCUT2D eigenvalue weighted by Gasteiger charge is -2.07. The van der Waals surface area contributed by atoms with Crippen LogP contribution in [0, 0.1) is 0 Å². The maximum atomic E-state index is 11.9. The summed E-state index contributed by atoms with van der Waals surface area (Å²) in [5.74, 6) is -0.519. The first-order valence-electron chi connectivity index (χ1n) is 5.18. The van der Waals surface area contributed by atoms with Gasteiger partial charge in [-0.2, -0.15) is 0 Å². The number of hydrogen-bond acceptors (Lipinski definition) is 4. The molecule has 2 rings (SSSR count). The summed E-state index contributed by atoms with van der Waals surface area (Å²) in [5.41, 5.74) is 6.45. The Morgan fingerprint density at radius 2 is 2.16 bits per heavy atom. The topological polar surface area (TPSA) is 88.2 Å². The SMILES string of the molecule is Nc1ccc(C(=O)Nc2cnc(Cl)c(Br)c2)cc1O. The molecule has 5 nitrogen and oxygen atoms in total. The average Bonchev–Trinajstić information content (AvgIpc) is 2.37. The van der Waals surface area contributed by atoms with Gasteiger partial charge in [0.05, 0.1) is 22.0 Å². The van der Waals surface area contributed by atoms with Gasteiger partial charge in [0.2, 0.25) is 0 Å². The number of benzene rings is 1. The number of phenols is 1. The summed E-state index contributed by atoms with van der Waals surface area (Å²) < 4.78 is 0.576. The highest BCUT2D eigenvalue weighted by molar-refractivity contribution is 9.10. The molecule has 1 amide bonds. The first-order valence-corrected chi connectivity index (χ1v) is 6.35. The monoisotopic (exact) mass is 341 g/mol. The number of aromatic nitrogens is 1. The van der Waals surface area contributed by atoms with Crippen LogP contribution in [0.15, 0.2) is 34.9 Å². The van der Waals surface area contributed by atoms with Crippen LogP contribution in [0.1, 0.15) is 10.4 Å². The van der Waals surface area contributed by atoms with Crippen LogP contribution in [-0.2, 0) is 0 Å². The van der Waals surface area contributed by atoms with Crippen LogP contribution in [0.4, 0.5) is 11.4 Å². The Labute approximate surface area is 122 Å². The van der Waals surface area contributed by atoms with Crippen molar-refractivity contribution in [3.8, 4) is 5.75 Å². The third kappa shape index (κ3) is 3.15. The zero-order chi connectivity index (χ0) is 14.0. The number of carbonyl (C=O) groups is 1. The number of nitrogen functional groups attached to an aromatic ring is 1. The summed E-state index contributed by atoms with van der Waals surface area (Å²) in [5, 5.41) is 12.4. The Bertz CT molecular complexity index is 649. The van der Waals surface area contributed by atoms with Gasteiger partial charge in [-0.3, -0.25) is 4.79 Å². The molecule has 7 heteroatoms. The van der Waals surface area contributed by atoms with E-state index in [1.54, 1.807) is 6.07 Å². The summed E-state index contributed by atoms with van der Waals surface area (Å²) in [6, 6.07) is 5.90. The summed E-state index contributed by atoms with van der Waals surface area (Å²) >= 11 is 8.97. The van der Waals surface area contributed by atoms with Crippen LogP contribution in [0.25, 0.3) is 0 Å². The number of pyridine rings is 1. The van der Waals surface area contributed by atoms with E-state index in [1.165, 1.54) is 24.4 Å². The zero-order valence-corrected chi connectivity index (χ0v) is 11.9. The van der Waals surface area contributed by atoms with Crippen LogP contribution in [-0.4, -0.2) is 16.0 Å². The third-order valence-electron chi connectivity index (χ3n) is 2.35. The highest BCUT2D eigenvalue weighted by Gasteiger charge is 2.09. The Morgan fingerprint density at radius 1 is 1.42 bits per heavy atom. The minimum atomic E-state index is -0.383. The number of amides is 1. The maximum Gasteiger partial charge on any atom is 0.255 e. The quantitative estimate of drug-likeness (QED) is 0.445. The number of phenolic OH excluding ortho intramolecular Hbond substituents is 1. The van der Waals surface area contributed by atoms with E-state index < -0.39 is 0 Å². The van der Waals surface area contributed by atoms with Gasteiger partial charge in [0, 0.05) is 5.56 Å². The molecule has 98 valence electrons. The molecule has 1 aromatic heterocycles. The first kappa shape index (κ1) is 13.6. The van der Waals surface area contributed by atoms with Crippen molar-refractivity contribution in [3.63, 3.8) is 0 Å². The fraction of sp³-hybridized carbons (Fsp3) is 0. The molecule has 1 aromatic carbocycles. The molecule has 0 saturated heterocycles. The van der Waals surface area contributed by atoms with Crippen molar-refractivity contribution in [3.05, 3.63) is 45.7 Å². The molecule has 0 unspecified atom stereocenters. The predicted molar refractivity (Wildman–Crippen MR) is 77.4 cm³/mol. The molecular weight excluding hydrogens is 334 g/mol. The number of carbonyl (C=O) groups excluding carboxylic acids is 1. The van der Waals surface area contributed by atoms with Crippen LogP contribution in [0.3, 0.4) is 0 Å². The lowest BCUT2D eigenvalue weighted by molar-refractivity contribution is 0.102. The highest BCUT2D eigenvalue weighted by Crippen LogP contribution is 2.24. The molecular formula is C12H9BrClN3O2. The molecule has 0 fully saturated rings. The van der Waals surface area contributed by atoms with Crippen LogP contribution < -0.4 is 11.1 Å². The largest absolute Gasteiger partial charge is 0.506 e. The summed E-state index contributed by atoms with van der Waals surface area (Å²) in [6.45, 7) is 0. The molecule has 0 spiro atoms. The van der Waals surface area contributed by atoms with Crippen LogP contribution >= 0.6 is 27.5 Å². The molecule has 1 heterocycles. The molecule has 0 bridgehead atoms. The number of halogens is 2. The number of aromatic hydroxyl groups is 1. The van der Waals surface area contributed by atoms with Gasteiger partial charge in [-0.1, -0.05) is 11.6 Å². The van der Waals surface area contributed by atoms with Gasteiger partial charge >= 0.3 is 0 Å². The lowest BCUT2D eigenvalue weighted by Crippen LogP contribution is -2.12. The molecule has 0 radical (unpaired) electrons. The van der Waals surface area contributed by atoms with Crippen LogP contribution in [0.2, 0.25) is 5.15 Å². The van der Waals surface area contributed by atoms with Crippen molar-refractivity contribution in [2.75, 3.05) is 11.1 Å². The Hall–Kier alpha value is -1.79. The second-order valence-corrected chi connectivity index (χ2v) is 4.94. The Morgan fingerprint density at radius 3 is 2.79 bits per heavy atom. The van der Waals surface area contributed by atoms with E-state index in [0.717, 1.165) is 0 Å². The standard InChI is InChI=1S/C12H9BrClN3O2/c13-8-4-7(5-16-11(8)14)17-12(19)6-1-2-9(15)10(18)3-6/h1-5,18H,15H2,(H,17,19). The normalized spacial score (nSPS) is 10.2. The van der Waals surface area contributed by atoms with E-state index in [9.17, 15) is 9.90 Å². The molecule has 19 heavy (non-hydrogen) atoms. The zero-order valence-electron chi connectivity index (χ0n) is 9.52. The number of nitrogens with one attached hydrogen (secondary N) is 1. The average molecular weight is 343 g/mol. The molecule has 0 aliphatic heterocycles. The third-order valence-corrected chi connectivity index (χ3v) is 3.48.